The number of imide groups is 1. The van der Waals surface area contributed by atoms with Crippen molar-refractivity contribution in [2.75, 3.05) is 19.6 Å². The highest BCUT2D eigenvalue weighted by Crippen LogP contribution is 2.27. The summed E-state index contributed by atoms with van der Waals surface area (Å²) in [6.07, 6.45) is 0.691. The first-order valence-electron chi connectivity index (χ1n) is 9.23. The van der Waals surface area contributed by atoms with Crippen LogP contribution >= 0.6 is 0 Å². The van der Waals surface area contributed by atoms with Gasteiger partial charge in [0, 0.05) is 13.1 Å². The maximum Gasteiger partial charge on any atom is 0.410 e. The average Bonchev–Trinajstić information content (AvgIpc) is 2.89. The molecule has 7 heteroatoms. The topological polar surface area (TPSA) is 71.3 Å². The third-order valence-electron chi connectivity index (χ3n) is 4.75. The van der Waals surface area contributed by atoms with E-state index in [4.69, 9.17) is 11.3 Å². The molecule has 0 saturated carbocycles. The molecular formula is C21H23N3O4. The van der Waals surface area contributed by atoms with E-state index >= 15 is 0 Å². The molecular weight excluding hydrogens is 358 g/mol. The fourth-order valence-corrected chi connectivity index (χ4v) is 3.33. The fourth-order valence-electron chi connectivity index (χ4n) is 3.33. The van der Waals surface area contributed by atoms with Crippen LogP contribution in [-0.2, 0) is 4.74 Å². The molecule has 1 aromatic carbocycles. The minimum atomic E-state index is -0.555. The first-order chi connectivity index (χ1) is 13.2. The summed E-state index contributed by atoms with van der Waals surface area (Å²) in [5, 5.41) is 0. The number of amides is 3. The monoisotopic (exact) mass is 381 g/mol. The van der Waals surface area contributed by atoms with Gasteiger partial charge in [-0.05, 0) is 45.7 Å². The Bertz CT molecular complexity index is 860. The van der Waals surface area contributed by atoms with Crippen molar-refractivity contribution < 1.29 is 19.1 Å². The van der Waals surface area contributed by atoms with Crippen molar-refractivity contribution in [3.63, 3.8) is 0 Å². The predicted molar refractivity (Wildman–Crippen MR) is 102 cm³/mol. The number of fused-ring (bicyclic) bond motifs is 1. The Morgan fingerprint density at radius 3 is 2.11 bits per heavy atom. The Morgan fingerprint density at radius 1 is 1.11 bits per heavy atom. The summed E-state index contributed by atoms with van der Waals surface area (Å²) in [6.45, 7) is 13.8. The lowest BCUT2D eigenvalue weighted by molar-refractivity contribution is 0.0236. The summed E-state index contributed by atoms with van der Waals surface area (Å²) in [5.74, 6) is -0.734. The molecule has 0 radical (unpaired) electrons. The molecule has 1 saturated heterocycles. The Balaban J connectivity index is 1.69. The van der Waals surface area contributed by atoms with Crippen LogP contribution in [0.3, 0.4) is 0 Å². The molecule has 3 amide bonds. The minimum Gasteiger partial charge on any atom is -0.444 e. The van der Waals surface area contributed by atoms with Crippen molar-refractivity contribution in [3.8, 4) is 0 Å². The molecule has 0 atom stereocenters. The molecule has 3 rings (SSSR count). The lowest BCUT2D eigenvalue weighted by atomic mass is 10.0. The lowest BCUT2D eigenvalue weighted by Crippen LogP contribution is -2.40. The minimum absolute atomic E-state index is 0.0301. The molecule has 2 aliphatic heterocycles. The van der Waals surface area contributed by atoms with Gasteiger partial charge < -0.3 is 9.64 Å². The van der Waals surface area contributed by atoms with Gasteiger partial charge in [0.05, 0.1) is 24.2 Å². The van der Waals surface area contributed by atoms with E-state index in [0.29, 0.717) is 42.8 Å². The third kappa shape index (κ3) is 3.91. The van der Waals surface area contributed by atoms with Crippen LogP contribution in [0.4, 0.5) is 4.79 Å². The Labute approximate surface area is 164 Å². The largest absolute Gasteiger partial charge is 0.444 e. The highest BCUT2D eigenvalue weighted by atomic mass is 16.6. The maximum absolute atomic E-state index is 12.5. The van der Waals surface area contributed by atoms with Crippen LogP contribution in [0, 0.1) is 6.57 Å². The van der Waals surface area contributed by atoms with Gasteiger partial charge in [-0.3, -0.25) is 14.5 Å². The summed E-state index contributed by atoms with van der Waals surface area (Å²) >= 11 is 0. The van der Waals surface area contributed by atoms with Gasteiger partial charge in [-0.25, -0.2) is 9.64 Å². The molecule has 0 bridgehead atoms. The van der Waals surface area contributed by atoms with E-state index in [2.05, 4.69) is 4.85 Å². The summed E-state index contributed by atoms with van der Waals surface area (Å²) in [4.78, 5) is 43.6. The van der Waals surface area contributed by atoms with Crippen LogP contribution in [0.2, 0.25) is 0 Å². The van der Waals surface area contributed by atoms with E-state index in [-0.39, 0.29) is 24.5 Å². The number of benzene rings is 1. The molecule has 7 nitrogen and oxygen atoms in total. The van der Waals surface area contributed by atoms with Gasteiger partial charge in [0.25, 0.3) is 11.8 Å². The molecule has 146 valence electrons. The number of carbonyl (C=O) groups excluding carboxylic acids is 3. The molecule has 1 aromatic rings. The number of piperidine rings is 1. The van der Waals surface area contributed by atoms with E-state index in [1.165, 1.54) is 0 Å². The molecule has 0 spiro atoms. The van der Waals surface area contributed by atoms with Crippen molar-refractivity contribution in [1.29, 1.82) is 0 Å². The van der Waals surface area contributed by atoms with Gasteiger partial charge in [0.2, 0.25) is 0 Å². The number of likely N-dealkylation sites (tertiary alicyclic amines) is 1. The number of hydrogen-bond acceptors (Lipinski definition) is 4. The molecule has 0 aliphatic carbocycles. The Morgan fingerprint density at radius 2 is 1.64 bits per heavy atom. The summed E-state index contributed by atoms with van der Waals surface area (Å²) < 4.78 is 5.38. The molecule has 0 unspecified atom stereocenters. The van der Waals surface area contributed by atoms with Gasteiger partial charge in [0.1, 0.15) is 5.60 Å². The van der Waals surface area contributed by atoms with E-state index in [9.17, 15) is 14.4 Å². The molecule has 1 fully saturated rings. The van der Waals surface area contributed by atoms with Crippen LogP contribution in [-0.4, -0.2) is 52.9 Å². The van der Waals surface area contributed by atoms with Crippen LogP contribution in [0.5, 0.6) is 0 Å². The molecule has 28 heavy (non-hydrogen) atoms. The van der Waals surface area contributed by atoms with E-state index in [0.717, 1.165) is 10.5 Å². The first-order valence-corrected chi connectivity index (χ1v) is 9.23. The molecule has 0 aromatic heterocycles. The number of rotatable bonds is 2. The highest BCUT2D eigenvalue weighted by Gasteiger charge is 2.36. The first kappa shape index (κ1) is 19.6. The lowest BCUT2D eigenvalue weighted by Gasteiger charge is -2.31. The number of nitrogens with zero attached hydrogens (tertiary/aromatic N) is 3. The van der Waals surface area contributed by atoms with Gasteiger partial charge in [0.15, 0.2) is 5.70 Å². The number of carbonyl (C=O) groups is 3. The van der Waals surface area contributed by atoms with E-state index in [1.54, 1.807) is 29.2 Å². The third-order valence-corrected chi connectivity index (χ3v) is 4.75. The smallest absolute Gasteiger partial charge is 0.410 e. The highest BCUT2D eigenvalue weighted by molar-refractivity contribution is 6.21. The number of hydrogen-bond donors (Lipinski definition) is 0. The molecule has 2 aliphatic rings. The zero-order valence-corrected chi connectivity index (χ0v) is 16.3. The standard InChI is InChI=1S/C21H23N3O4/c1-21(2,3)28-20(27)23-11-9-14(10-12-23)17(22-4)13-24-18(25)15-7-5-6-8-16(15)19(24)26/h5-8H,9-13H2,1-3H3. The number of ether oxygens (including phenoxy) is 1. The molecule has 0 N–H and O–H groups in total. The van der Waals surface area contributed by atoms with E-state index < -0.39 is 5.60 Å². The van der Waals surface area contributed by atoms with Crippen molar-refractivity contribution in [2.45, 2.75) is 39.2 Å². The summed E-state index contributed by atoms with van der Waals surface area (Å²) in [7, 11) is 0. The van der Waals surface area contributed by atoms with Gasteiger partial charge in [-0.2, -0.15) is 0 Å². The predicted octanol–water partition coefficient (Wildman–Crippen LogP) is 3.49. The quantitative estimate of drug-likeness (QED) is 0.581. The normalized spacial score (nSPS) is 16.7. The van der Waals surface area contributed by atoms with Crippen molar-refractivity contribution in [1.82, 2.24) is 9.80 Å². The Kier molecular flexibility index (Phi) is 5.23. The zero-order valence-electron chi connectivity index (χ0n) is 16.3. The van der Waals surface area contributed by atoms with Crippen molar-refractivity contribution >= 4 is 17.9 Å². The second-order valence-corrected chi connectivity index (χ2v) is 7.87. The van der Waals surface area contributed by atoms with Crippen LogP contribution < -0.4 is 0 Å². The van der Waals surface area contributed by atoms with Crippen LogP contribution in [0.25, 0.3) is 4.85 Å². The second kappa shape index (κ2) is 7.47. The maximum atomic E-state index is 12.5. The fraction of sp³-hybridized carbons (Fsp3) is 0.429. The van der Waals surface area contributed by atoms with Gasteiger partial charge >= 0.3 is 6.09 Å². The summed E-state index contributed by atoms with van der Waals surface area (Å²) in [6, 6.07) is 6.68. The van der Waals surface area contributed by atoms with Crippen molar-refractivity contribution in [2.24, 2.45) is 0 Å². The second-order valence-electron chi connectivity index (χ2n) is 7.87. The SMILES string of the molecule is [C-]#[N+]C(CN1C(=O)c2ccccc2C1=O)=C1CCN(C(=O)OC(C)(C)C)CC1. The van der Waals surface area contributed by atoms with Crippen LogP contribution in [0.15, 0.2) is 35.5 Å². The zero-order chi connectivity index (χ0) is 20.5. The van der Waals surface area contributed by atoms with Gasteiger partial charge in [-0.15, -0.1) is 0 Å². The van der Waals surface area contributed by atoms with Crippen LogP contribution in [0.1, 0.15) is 54.3 Å². The Hall–Kier alpha value is -3.14. The molecule has 2 heterocycles. The summed E-state index contributed by atoms with van der Waals surface area (Å²) in [5.41, 5.74) is 1.48. The average molecular weight is 381 g/mol. The van der Waals surface area contributed by atoms with E-state index in [1.807, 2.05) is 20.8 Å². The van der Waals surface area contributed by atoms with Gasteiger partial charge in [-0.1, -0.05) is 17.7 Å². The van der Waals surface area contributed by atoms with Crippen molar-refractivity contribution in [3.05, 3.63) is 58.1 Å².